The van der Waals surface area contributed by atoms with Crippen molar-refractivity contribution >= 4 is 22.8 Å². The Bertz CT molecular complexity index is 928. The number of hydrogen-bond acceptors (Lipinski definition) is 4. The number of nitrogens with one attached hydrogen (secondary N) is 2. The van der Waals surface area contributed by atoms with Crippen LogP contribution < -0.4 is 10.1 Å². The summed E-state index contributed by atoms with van der Waals surface area (Å²) in [6, 6.07) is 7.10. The van der Waals surface area contributed by atoms with Gasteiger partial charge >= 0.3 is 0 Å². The van der Waals surface area contributed by atoms with Gasteiger partial charge in [0.25, 0.3) is 0 Å². The third-order valence-corrected chi connectivity index (χ3v) is 3.91. The van der Waals surface area contributed by atoms with Crippen molar-refractivity contribution in [2.45, 2.75) is 18.8 Å². The molecule has 1 saturated carbocycles. The summed E-state index contributed by atoms with van der Waals surface area (Å²) in [6.07, 6.45) is 7.19. The molecule has 0 saturated heterocycles. The summed E-state index contributed by atoms with van der Waals surface area (Å²) in [5, 5.41) is 2.70. The summed E-state index contributed by atoms with van der Waals surface area (Å²) in [5.74, 6) is 1.32. The number of aromatic amines is 1. The largest absolute Gasteiger partial charge is 0.437 e. The molecule has 4 rings (SSSR count). The fraction of sp³-hybridized carbons (Fsp3) is 0.167. The summed E-state index contributed by atoms with van der Waals surface area (Å²) in [7, 11) is 0. The maximum Gasteiger partial charge on any atom is 0.247 e. The van der Waals surface area contributed by atoms with Gasteiger partial charge in [-0.1, -0.05) is 12.6 Å². The molecule has 24 heavy (non-hydrogen) atoms. The number of nitrogens with zero attached hydrogens (tertiary/aromatic N) is 2. The van der Waals surface area contributed by atoms with Crippen LogP contribution in [0.3, 0.4) is 0 Å². The number of fused-ring (bicyclic) bond motifs is 1. The predicted octanol–water partition coefficient (Wildman–Crippen LogP) is 3.75. The molecule has 0 spiro atoms. The van der Waals surface area contributed by atoms with E-state index in [9.17, 15) is 4.79 Å². The van der Waals surface area contributed by atoms with Gasteiger partial charge in [0.15, 0.2) is 5.65 Å². The number of hydrogen-bond donors (Lipinski definition) is 2. The van der Waals surface area contributed by atoms with Gasteiger partial charge in [-0.05, 0) is 37.0 Å². The second kappa shape index (κ2) is 5.81. The van der Waals surface area contributed by atoms with Crippen LogP contribution in [-0.4, -0.2) is 20.9 Å². The molecule has 0 aliphatic heterocycles. The molecule has 120 valence electrons. The zero-order valence-corrected chi connectivity index (χ0v) is 13.0. The van der Waals surface area contributed by atoms with Crippen molar-refractivity contribution in [2.24, 2.45) is 0 Å². The Labute approximate surface area is 138 Å². The van der Waals surface area contributed by atoms with Gasteiger partial charge in [0.1, 0.15) is 11.3 Å². The van der Waals surface area contributed by atoms with Crippen molar-refractivity contribution < 1.29 is 9.53 Å². The van der Waals surface area contributed by atoms with Crippen LogP contribution in [0, 0.1) is 0 Å². The monoisotopic (exact) mass is 320 g/mol. The van der Waals surface area contributed by atoms with Crippen LogP contribution >= 0.6 is 0 Å². The normalized spacial score (nSPS) is 13.7. The summed E-state index contributed by atoms with van der Waals surface area (Å²) in [4.78, 5) is 23.5. The molecule has 1 fully saturated rings. The lowest BCUT2D eigenvalue weighted by Gasteiger charge is -2.07. The third kappa shape index (κ3) is 2.86. The number of H-pyrrole nitrogens is 1. The molecule has 1 aliphatic carbocycles. The smallest absolute Gasteiger partial charge is 0.247 e. The van der Waals surface area contributed by atoms with Crippen LogP contribution in [0.5, 0.6) is 11.6 Å². The predicted molar refractivity (Wildman–Crippen MR) is 91.2 cm³/mol. The number of anilines is 1. The van der Waals surface area contributed by atoms with Gasteiger partial charge in [0, 0.05) is 23.5 Å². The van der Waals surface area contributed by atoms with Gasteiger partial charge in [-0.3, -0.25) is 4.79 Å². The summed E-state index contributed by atoms with van der Waals surface area (Å²) >= 11 is 0. The van der Waals surface area contributed by atoms with Gasteiger partial charge in [-0.15, -0.1) is 0 Å². The number of carbonyl (C=O) groups is 1. The number of rotatable bonds is 5. The van der Waals surface area contributed by atoms with Crippen LogP contribution in [0.4, 0.5) is 5.69 Å². The average Bonchev–Trinajstić information content (AvgIpc) is 3.35. The van der Waals surface area contributed by atoms with Crippen molar-refractivity contribution in [3.05, 3.63) is 54.9 Å². The van der Waals surface area contributed by atoms with E-state index in [0.717, 1.165) is 11.2 Å². The minimum Gasteiger partial charge on any atom is -0.437 e. The van der Waals surface area contributed by atoms with Gasteiger partial charge in [-0.25, -0.2) is 9.97 Å². The highest BCUT2D eigenvalue weighted by molar-refractivity contribution is 5.98. The van der Waals surface area contributed by atoms with Gasteiger partial charge in [-0.2, -0.15) is 0 Å². The Morgan fingerprint density at radius 3 is 3.08 bits per heavy atom. The van der Waals surface area contributed by atoms with E-state index >= 15 is 0 Å². The van der Waals surface area contributed by atoms with Crippen LogP contribution in [0.1, 0.15) is 24.3 Å². The minimum atomic E-state index is -0.269. The first-order valence-corrected chi connectivity index (χ1v) is 7.78. The highest BCUT2D eigenvalue weighted by atomic mass is 16.5. The van der Waals surface area contributed by atoms with Crippen LogP contribution in [0.15, 0.2) is 49.3 Å². The number of amides is 1. The van der Waals surface area contributed by atoms with Crippen LogP contribution in [0.2, 0.25) is 0 Å². The maximum absolute atomic E-state index is 11.4. The SMILES string of the molecule is C=CC(=O)Nc1cccc(Oc2cnc3[nH]cc(C4CC4)c3n2)c1. The summed E-state index contributed by atoms with van der Waals surface area (Å²) in [6.45, 7) is 3.43. The first kappa shape index (κ1) is 14.4. The number of carbonyl (C=O) groups excluding carboxylic acids is 1. The molecular weight excluding hydrogens is 304 g/mol. The average molecular weight is 320 g/mol. The van der Waals surface area contributed by atoms with E-state index in [2.05, 4.69) is 26.8 Å². The van der Waals surface area contributed by atoms with E-state index in [1.54, 1.807) is 30.5 Å². The maximum atomic E-state index is 11.4. The number of aromatic nitrogens is 3. The Hall–Kier alpha value is -3.15. The van der Waals surface area contributed by atoms with E-state index in [1.165, 1.54) is 24.5 Å². The van der Waals surface area contributed by atoms with E-state index in [4.69, 9.17) is 4.74 Å². The highest BCUT2D eigenvalue weighted by Crippen LogP contribution is 2.42. The molecule has 2 N–H and O–H groups in total. The van der Waals surface area contributed by atoms with Crippen molar-refractivity contribution in [3.8, 4) is 11.6 Å². The zero-order chi connectivity index (χ0) is 16.5. The summed E-state index contributed by atoms with van der Waals surface area (Å²) < 4.78 is 5.80. The molecule has 6 heteroatoms. The third-order valence-electron chi connectivity index (χ3n) is 3.91. The second-order valence-corrected chi connectivity index (χ2v) is 5.75. The Morgan fingerprint density at radius 1 is 1.42 bits per heavy atom. The molecule has 1 amide bonds. The van der Waals surface area contributed by atoms with Crippen molar-refractivity contribution in [2.75, 3.05) is 5.32 Å². The lowest BCUT2D eigenvalue weighted by atomic mass is 10.2. The van der Waals surface area contributed by atoms with Gasteiger partial charge < -0.3 is 15.0 Å². The molecule has 6 nitrogen and oxygen atoms in total. The minimum absolute atomic E-state index is 0.269. The lowest BCUT2D eigenvalue weighted by molar-refractivity contribution is -0.111. The number of benzene rings is 1. The molecule has 0 radical (unpaired) electrons. The zero-order valence-electron chi connectivity index (χ0n) is 13.0. The topological polar surface area (TPSA) is 79.9 Å². The summed E-state index contributed by atoms with van der Waals surface area (Å²) in [5.41, 5.74) is 3.48. The highest BCUT2D eigenvalue weighted by Gasteiger charge is 2.27. The Morgan fingerprint density at radius 2 is 2.29 bits per heavy atom. The molecule has 0 unspecified atom stereocenters. The van der Waals surface area contributed by atoms with Gasteiger partial charge in [0.05, 0.1) is 6.20 Å². The van der Waals surface area contributed by atoms with Crippen molar-refractivity contribution in [3.63, 3.8) is 0 Å². The quantitative estimate of drug-likeness (QED) is 0.702. The molecule has 1 aliphatic rings. The Balaban J connectivity index is 1.59. The fourth-order valence-electron chi connectivity index (χ4n) is 2.60. The first-order valence-electron chi connectivity index (χ1n) is 7.78. The molecule has 3 aromatic rings. The van der Waals surface area contributed by atoms with Crippen molar-refractivity contribution in [1.82, 2.24) is 15.0 Å². The van der Waals surface area contributed by atoms with E-state index in [0.29, 0.717) is 23.2 Å². The molecule has 2 aromatic heterocycles. The molecule has 0 atom stereocenters. The Kier molecular flexibility index (Phi) is 3.49. The second-order valence-electron chi connectivity index (χ2n) is 5.75. The molecule has 2 heterocycles. The fourth-order valence-corrected chi connectivity index (χ4v) is 2.60. The lowest BCUT2D eigenvalue weighted by Crippen LogP contribution is -2.07. The number of ether oxygens (including phenoxy) is 1. The molecule has 1 aromatic carbocycles. The van der Waals surface area contributed by atoms with Crippen molar-refractivity contribution in [1.29, 1.82) is 0 Å². The van der Waals surface area contributed by atoms with Crippen LogP contribution in [-0.2, 0) is 4.79 Å². The molecule has 0 bridgehead atoms. The standard InChI is InChI=1S/C18H16N4O2/c1-2-15(23)21-12-4-3-5-13(8-12)24-16-10-20-18-17(22-16)14(9-19-18)11-6-7-11/h2-5,8-11H,1,6-7H2,(H,19,20)(H,21,23). The molecular formula is C18H16N4O2. The van der Waals surface area contributed by atoms with E-state index in [-0.39, 0.29) is 5.91 Å². The van der Waals surface area contributed by atoms with E-state index in [1.807, 2.05) is 6.20 Å². The van der Waals surface area contributed by atoms with E-state index < -0.39 is 0 Å². The van der Waals surface area contributed by atoms with Gasteiger partial charge in [0.2, 0.25) is 11.8 Å². The first-order chi connectivity index (χ1) is 11.7. The van der Waals surface area contributed by atoms with Crippen LogP contribution in [0.25, 0.3) is 11.2 Å².